The van der Waals surface area contributed by atoms with Gasteiger partial charge in [-0.1, -0.05) is 0 Å². The number of rotatable bonds is 0. The first-order chi connectivity index (χ1) is 5.77. The molecule has 0 bridgehead atoms. The molecule has 0 saturated carbocycles. The molecule has 12 heavy (non-hydrogen) atoms. The number of hydrogen-bond donors (Lipinski definition) is 0. The predicted octanol–water partition coefficient (Wildman–Crippen LogP) is -0.0624. The summed E-state index contributed by atoms with van der Waals surface area (Å²) in [5.74, 6) is -0.356. The zero-order valence-corrected chi connectivity index (χ0v) is 6.28. The van der Waals surface area contributed by atoms with E-state index >= 15 is 0 Å². The molecular formula is C8H6N2O2. The minimum Gasteiger partial charge on any atom is -0.294 e. The summed E-state index contributed by atoms with van der Waals surface area (Å²) in [4.78, 5) is 29.9. The highest BCUT2D eigenvalue weighted by Crippen LogP contribution is 2.11. The van der Waals surface area contributed by atoms with E-state index in [0.29, 0.717) is 18.0 Å². The Labute approximate surface area is 68.7 Å². The minimum atomic E-state index is -0.191. The molecule has 0 atom stereocenters. The summed E-state index contributed by atoms with van der Waals surface area (Å²) >= 11 is 0. The van der Waals surface area contributed by atoms with Crippen LogP contribution in [-0.4, -0.2) is 30.2 Å². The Balaban J connectivity index is 2.49. The summed E-state index contributed by atoms with van der Waals surface area (Å²) in [6, 6.07) is 0. The third-order valence-corrected chi connectivity index (χ3v) is 1.73. The van der Waals surface area contributed by atoms with Crippen molar-refractivity contribution in [1.29, 1.82) is 0 Å². The van der Waals surface area contributed by atoms with Crippen molar-refractivity contribution in [3.05, 3.63) is 11.6 Å². The van der Waals surface area contributed by atoms with E-state index in [1.54, 1.807) is 0 Å². The maximum absolute atomic E-state index is 11.2. The molecule has 0 spiro atoms. The van der Waals surface area contributed by atoms with Crippen molar-refractivity contribution < 1.29 is 9.59 Å². The van der Waals surface area contributed by atoms with Gasteiger partial charge in [0.15, 0.2) is 11.6 Å². The van der Waals surface area contributed by atoms with E-state index in [0.717, 1.165) is 0 Å². The SMILES string of the molecule is O=C1C=C2C=NCN=C2C(=O)C1. The predicted molar refractivity (Wildman–Crippen MR) is 43.5 cm³/mol. The third-order valence-electron chi connectivity index (χ3n) is 1.73. The standard InChI is InChI=1S/C8H6N2O2/c11-6-1-5-3-9-4-10-8(5)7(12)2-6/h1,3H,2,4H2. The van der Waals surface area contributed by atoms with Gasteiger partial charge in [-0.25, -0.2) is 0 Å². The maximum atomic E-state index is 11.2. The second kappa shape index (κ2) is 2.48. The summed E-state index contributed by atoms with van der Waals surface area (Å²) in [6.07, 6.45) is 2.90. The Hall–Kier alpha value is -1.58. The second-order valence-electron chi connectivity index (χ2n) is 2.63. The quantitative estimate of drug-likeness (QED) is 0.468. The fraction of sp³-hybridized carbons (Fsp3) is 0.250. The van der Waals surface area contributed by atoms with E-state index in [1.807, 2.05) is 0 Å². The molecule has 0 saturated heterocycles. The molecule has 1 aliphatic heterocycles. The molecule has 1 heterocycles. The average Bonchev–Trinajstić information content (AvgIpc) is 2.04. The van der Waals surface area contributed by atoms with Crippen LogP contribution in [0.15, 0.2) is 21.6 Å². The van der Waals surface area contributed by atoms with Gasteiger partial charge in [0.25, 0.3) is 0 Å². The molecule has 60 valence electrons. The highest BCUT2D eigenvalue weighted by molar-refractivity contribution is 6.55. The molecule has 4 heteroatoms. The van der Waals surface area contributed by atoms with Crippen molar-refractivity contribution in [2.45, 2.75) is 6.42 Å². The molecule has 0 amide bonds. The van der Waals surface area contributed by atoms with E-state index in [4.69, 9.17) is 0 Å². The second-order valence-corrected chi connectivity index (χ2v) is 2.63. The third kappa shape index (κ3) is 1.01. The topological polar surface area (TPSA) is 58.9 Å². The van der Waals surface area contributed by atoms with Gasteiger partial charge in [-0.05, 0) is 6.08 Å². The molecule has 0 aromatic rings. The number of aliphatic imine (C=N–C) groups is 2. The summed E-state index contributed by atoms with van der Waals surface area (Å²) in [6.45, 7) is 0.298. The fourth-order valence-electron chi connectivity index (χ4n) is 1.22. The summed E-state index contributed by atoms with van der Waals surface area (Å²) in [7, 11) is 0. The van der Waals surface area contributed by atoms with Gasteiger partial charge >= 0.3 is 0 Å². The van der Waals surface area contributed by atoms with Crippen LogP contribution in [-0.2, 0) is 9.59 Å². The van der Waals surface area contributed by atoms with Crippen molar-refractivity contribution in [3.8, 4) is 0 Å². The molecule has 0 radical (unpaired) electrons. The number of fused-ring (bicyclic) bond motifs is 1. The van der Waals surface area contributed by atoms with Gasteiger partial charge in [-0.2, -0.15) is 0 Å². The Kier molecular flexibility index (Phi) is 1.46. The molecule has 2 aliphatic rings. The van der Waals surface area contributed by atoms with Crippen LogP contribution in [0.1, 0.15) is 6.42 Å². The lowest BCUT2D eigenvalue weighted by Gasteiger charge is -2.12. The van der Waals surface area contributed by atoms with Gasteiger partial charge in [0.1, 0.15) is 12.4 Å². The van der Waals surface area contributed by atoms with Gasteiger partial charge in [-0.15, -0.1) is 0 Å². The Morgan fingerprint density at radius 2 is 2.17 bits per heavy atom. The van der Waals surface area contributed by atoms with Gasteiger partial charge in [0.2, 0.25) is 0 Å². The number of Topliss-reactive ketones (excluding diaryl/α,β-unsaturated/α-hetero) is 1. The maximum Gasteiger partial charge on any atom is 0.189 e. The molecule has 0 aromatic heterocycles. The van der Waals surface area contributed by atoms with Crippen LogP contribution >= 0.6 is 0 Å². The fourth-order valence-corrected chi connectivity index (χ4v) is 1.22. The normalized spacial score (nSPS) is 21.7. The Bertz CT molecular complexity index is 350. The molecule has 4 nitrogen and oxygen atoms in total. The largest absolute Gasteiger partial charge is 0.294 e. The Morgan fingerprint density at radius 1 is 1.33 bits per heavy atom. The smallest absolute Gasteiger partial charge is 0.189 e. The summed E-state index contributed by atoms with van der Waals surface area (Å²) in [5.41, 5.74) is 0.965. The zero-order valence-electron chi connectivity index (χ0n) is 6.28. The van der Waals surface area contributed by atoms with Crippen LogP contribution in [0.4, 0.5) is 0 Å². The lowest BCUT2D eigenvalue weighted by molar-refractivity contribution is -0.121. The molecule has 2 rings (SSSR count). The number of carbonyl (C=O) groups is 2. The van der Waals surface area contributed by atoms with Crippen LogP contribution in [0, 0.1) is 0 Å². The zero-order chi connectivity index (χ0) is 8.55. The number of hydrogen-bond acceptors (Lipinski definition) is 4. The van der Waals surface area contributed by atoms with E-state index < -0.39 is 0 Å². The number of carbonyl (C=O) groups excluding carboxylic acids is 2. The summed E-state index contributed by atoms with van der Waals surface area (Å²) in [5, 5.41) is 0. The molecule has 0 unspecified atom stereocenters. The molecule has 0 N–H and O–H groups in total. The molecule has 1 aliphatic carbocycles. The van der Waals surface area contributed by atoms with E-state index in [1.165, 1.54) is 12.3 Å². The summed E-state index contributed by atoms with van der Waals surface area (Å²) < 4.78 is 0. The highest BCUT2D eigenvalue weighted by atomic mass is 16.1. The minimum absolute atomic E-state index is 0.0455. The van der Waals surface area contributed by atoms with Gasteiger partial charge in [0.05, 0.1) is 6.42 Å². The average molecular weight is 162 g/mol. The highest BCUT2D eigenvalue weighted by Gasteiger charge is 2.24. The van der Waals surface area contributed by atoms with Gasteiger partial charge in [0, 0.05) is 11.8 Å². The van der Waals surface area contributed by atoms with Crippen LogP contribution in [0.5, 0.6) is 0 Å². The van der Waals surface area contributed by atoms with Crippen LogP contribution in [0.2, 0.25) is 0 Å². The molecule has 0 aromatic carbocycles. The lowest BCUT2D eigenvalue weighted by atomic mass is 9.95. The monoisotopic (exact) mass is 162 g/mol. The van der Waals surface area contributed by atoms with Crippen molar-refractivity contribution in [2.75, 3.05) is 6.67 Å². The number of nitrogens with zero attached hydrogens (tertiary/aromatic N) is 2. The molecular weight excluding hydrogens is 156 g/mol. The van der Waals surface area contributed by atoms with E-state index in [2.05, 4.69) is 9.98 Å². The van der Waals surface area contributed by atoms with E-state index in [9.17, 15) is 9.59 Å². The van der Waals surface area contributed by atoms with E-state index in [-0.39, 0.29) is 18.0 Å². The van der Waals surface area contributed by atoms with Crippen LogP contribution < -0.4 is 0 Å². The first kappa shape index (κ1) is 7.09. The van der Waals surface area contributed by atoms with Crippen molar-refractivity contribution in [3.63, 3.8) is 0 Å². The Morgan fingerprint density at radius 3 is 3.00 bits per heavy atom. The van der Waals surface area contributed by atoms with Crippen molar-refractivity contribution in [2.24, 2.45) is 9.98 Å². The number of allylic oxidation sites excluding steroid dienone is 2. The lowest BCUT2D eigenvalue weighted by Crippen LogP contribution is -2.27. The first-order valence-electron chi connectivity index (χ1n) is 3.60. The van der Waals surface area contributed by atoms with Gasteiger partial charge in [-0.3, -0.25) is 19.6 Å². The molecule has 0 fully saturated rings. The van der Waals surface area contributed by atoms with Crippen molar-refractivity contribution >= 4 is 23.5 Å². The number of ketones is 2. The van der Waals surface area contributed by atoms with Crippen LogP contribution in [0.25, 0.3) is 0 Å². The van der Waals surface area contributed by atoms with Crippen molar-refractivity contribution in [1.82, 2.24) is 0 Å². The van der Waals surface area contributed by atoms with Crippen LogP contribution in [0.3, 0.4) is 0 Å². The first-order valence-corrected chi connectivity index (χ1v) is 3.60. The van der Waals surface area contributed by atoms with Gasteiger partial charge < -0.3 is 0 Å².